The second-order valence-electron chi connectivity index (χ2n) is 3.26. The highest BCUT2D eigenvalue weighted by Gasteiger charge is 2.15. The van der Waals surface area contributed by atoms with Gasteiger partial charge in [-0.3, -0.25) is 0 Å². The summed E-state index contributed by atoms with van der Waals surface area (Å²) < 4.78 is 0. The van der Waals surface area contributed by atoms with E-state index in [0.29, 0.717) is 0 Å². The number of rotatable bonds is 0. The minimum atomic E-state index is -0.0232. The van der Waals surface area contributed by atoms with Crippen LogP contribution in [-0.2, 0) is 6.42 Å². The van der Waals surface area contributed by atoms with Gasteiger partial charge in [-0.05, 0) is 18.1 Å². The van der Waals surface area contributed by atoms with Gasteiger partial charge in [-0.15, -0.1) is 0 Å². The molecular formula is C10H12N2O. The van der Waals surface area contributed by atoms with Crippen molar-refractivity contribution in [2.24, 2.45) is 0 Å². The minimum Gasteiger partial charge on any atom is -0.327 e. The molecule has 3 nitrogen and oxygen atoms in total. The zero-order valence-electron chi connectivity index (χ0n) is 7.58. The molecule has 1 N–H and O–H groups in total. The normalized spacial score (nSPS) is 16.1. The lowest BCUT2D eigenvalue weighted by molar-refractivity contribution is 0.224. The number of carbonyl (C=O) groups excluding carboxylic acids is 1. The summed E-state index contributed by atoms with van der Waals surface area (Å²) in [5, 5.41) is 2.86. The highest BCUT2D eigenvalue weighted by Crippen LogP contribution is 2.18. The summed E-state index contributed by atoms with van der Waals surface area (Å²) in [5.41, 5.74) is 2.15. The van der Waals surface area contributed by atoms with Crippen LogP contribution in [-0.4, -0.2) is 24.5 Å². The van der Waals surface area contributed by atoms with E-state index >= 15 is 0 Å². The fourth-order valence-electron chi connectivity index (χ4n) is 1.46. The van der Waals surface area contributed by atoms with Crippen molar-refractivity contribution in [2.45, 2.75) is 6.42 Å². The molecule has 0 radical (unpaired) electrons. The lowest BCUT2D eigenvalue weighted by Gasteiger charge is -2.12. The number of likely N-dealkylation sites (N-methyl/N-ethyl adjacent to an activating group) is 1. The predicted octanol–water partition coefficient (Wildman–Crippen LogP) is 1.71. The zero-order valence-corrected chi connectivity index (χ0v) is 7.58. The van der Waals surface area contributed by atoms with Gasteiger partial charge in [-0.2, -0.15) is 0 Å². The van der Waals surface area contributed by atoms with Crippen molar-refractivity contribution >= 4 is 11.7 Å². The van der Waals surface area contributed by atoms with Crippen molar-refractivity contribution in [3.05, 3.63) is 29.8 Å². The van der Waals surface area contributed by atoms with Crippen LogP contribution in [0.5, 0.6) is 0 Å². The van der Waals surface area contributed by atoms with Crippen molar-refractivity contribution < 1.29 is 4.79 Å². The molecule has 0 aromatic heterocycles. The molecule has 3 heteroatoms. The number of urea groups is 1. The molecule has 0 saturated carbocycles. The minimum absolute atomic E-state index is 0.0232. The average molecular weight is 176 g/mol. The molecule has 1 aliphatic heterocycles. The lowest BCUT2D eigenvalue weighted by Crippen LogP contribution is -2.30. The van der Waals surface area contributed by atoms with E-state index in [0.717, 1.165) is 18.7 Å². The predicted molar refractivity (Wildman–Crippen MR) is 51.8 cm³/mol. The third kappa shape index (κ3) is 1.49. The van der Waals surface area contributed by atoms with Crippen LogP contribution in [0, 0.1) is 0 Å². The molecule has 1 aliphatic rings. The average Bonchev–Trinajstić information content (AvgIpc) is 2.28. The molecule has 0 spiro atoms. The van der Waals surface area contributed by atoms with Gasteiger partial charge in [0.15, 0.2) is 0 Å². The van der Waals surface area contributed by atoms with Gasteiger partial charge in [-0.25, -0.2) is 4.79 Å². The largest absolute Gasteiger partial charge is 0.327 e. The Labute approximate surface area is 77.4 Å². The smallest absolute Gasteiger partial charge is 0.321 e. The van der Waals surface area contributed by atoms with Crippen LogP contribution in [0.25, 0.3) is 0 Å². The van der Waals surface area contributed by atoms with E-state index in [9.17, 15) is 4.79 Å². The Hall–Kier alpha value is -1.51. The first-order valence-electron chi connectivity index (χ1n) is 4.37. The summed E-state index contributed by atoms with van der Waals surface area (Å²) in [7, 11) is 1.81. The molecule has 0 aliphatic carbocycles. The summed E-state index contributed by atoms with van der Waals surface area (Å²) in [4.78, 5) is 13.1. The van der Waals surface area contributed by atoms with Gasteiger partial charge in [0.05, 0.1) is 0 Å². The molecule has 0 unspecified atom stereocenters. The first-order chi connectivity index (χ1) is 6.27. The number of nitrogens with zero attached hydrogens (tertiary/aromatic N) is 1. The Kier molecular flexibility index (Phi) is 1.93. The van der Waals surface area contributed by atoms with E-state index in [1.165, 1.54) is 5.56 Å². The summed E-state index contributed by atoms with van der Waals surface area (Å²) in [6, 6.07) is 7.90. The molecule has 0 fully saturated rings. The Morgan fingerprint density at radius 2 is 2.15 bits per heavy atom. The van der Waals surface area contributed by atoms with Gasteiger partial charge in [0.2, 0.25) is 0 Å². The number of nitrogens with one attached hydrogen (secondary N) is 1. The molecule has 0 saturated heterocycles. The number of hydrogen-bond acceptors (Lipinski definition) is 1. The monoisotopic (exact) mass is 176 g/mol. The molecule has 1 aromatic carbocycles. The maximum Gasteiger partial charge on any atom is 0.321 e. The molecule has 68 valence electrons. The third-order valence-electron chi connectivity index (χ3n) is 2.32. The van der Waals surface area contributed by atoms with Crippen LogP contribution in [0.4, 0.5) is 10.5 Å². The van der Waals surface area contributed by atoms with Crippen LogP contribution >= 0.6 is 0 Å². The summed E-state index contributed by atoms with van der Waals surface area (Å²) in [6.45, 7) is 0.781. The molecular weight excluding hydrogens is 164 g/mol. The van der Waals surface area contributed by atoms with Crippen LogP contribution in [0.3, 0.4) is 0 Å². The van der Waals surface area contributed by atoms with E-state index in [1.807, 2.05) is 18.2 Å². The second-order valence-corrected chi connectivity index (χ2v) is 3.26. The molecule has 0 atom stereocenters. The van der Waals surface area contributed by atoms with Crippen molar-refractivity contribution in [1.82, 2.24) is 4.90 Å². The quantitative estimate of drug-likeness (QED) is 0.641. The SMILES string of the molecule is CN1CCc2ccccc2NC1=O. The highest BCUT2D eigenvalue weighted by molar-refractivity contribution is 5.90. The summed E-state index contributed by atoms with van der Waals surface area (Å²) in [6.07, 6.45) is 0.922. The number of hydrogen-bond donors (Lipinski definition) is 1. The zero-order chi connectivity index (χ0) is 9.26. The van der Waals surface area contributed by atoms with E-state index in [1.54, 1.807) is 11.9 Å². The Morgan fingerprint density at radius 1 is 1.38 bits per heavy atom. The van der Waals surface area contributed by atoms with Crippen LogP contribution < -0.4 is 5.32 Å². The van der Waals surface area contributed by atoms with Gasteiger partial charge >= 0.3 is 6.03 Å². The fraction of sp³-hybridized carbons (Fsp3) is 0.300. The number of fused-ring (bicyclic) bond motifs is 1. The van der Waals surface area contributed by atoms with Crippen LogP contribution in [0.2, 0.25) is 0 Å². The third-order valence-corrected chi connectivity index (χ3v) is 2.32. The molecule has 1 heterocycles. The first-order valence-corrected chi connectivity index (χ1v) is 4.37. The van der Waals surface area contributed by atoms with E-state index in [2.05, 4.69) is 11.4 Å². The van der Waals surface area contributed by atoms with Crippen molar-refractivity contribution in [3.8, 4) is 0 Å². The number of para-hydroxylation sites is 1. The van der Waals surface area contributed by atoms with Gasteiger partial charge in [0.1, 0.15) is 0 Å². The van der Waals surface area contributed by atoms with E-state index in [4.69, 9.17) is 0 Å². The summed E-state index contributed by atoms with van der Waals surface area (Å²) >= 11 is 0. The van der Waals surface area contributed by atoms with Crippen molar-refractivity contribution in [1.29, 1.82) is 0 Å². The molecule has 1 aromatic rings. The van der Waals surface area contributed by atoms with Gasteiger partial charge in [0.25, 0.3) is 0 Å². The number of benzene rings is 1. The second kappa shape index (κ2) is 3.09. The topological polar surface area (TPSA) is 32.3 Å². The Bertz CT molecular complexity index is 335. The van der Waals surface area contributed by atoms with Crippen LogP contribution in [0.1, 0.15) is 5.56 Å². The first kappa shape index (κ1) is 8.10. The molecule has 13 heavy (non-hydrogen) atoms. The van der Waals surface area contributed by atoms with Gasteiger partial charge in [0, 0.05) is 19.3 Å². The molecule has 0 bridgehead atoms. The lowest BCUT2D eigenvalue weighted by atomic mass is 10.1. The van der Waals surface area contributed by atoms with E-state index in [-0.39, 0.29) is 6.03 Å². The standard InChI is InChI=1S/C10H12N2O/c1-12-7-6-8-4-2-3-5-9(8)11-10(12)13/h2-5H,6-7H2,1H3,(H,11,13). The number of amides is 2. The van der Waals surface area contributed by atoms with E-state index < -0.39 is 0 Å². The maximum atomic E-state index is 11.4. The highest BCUT2D eigenvalue weighted by atomic mass is 16.2. The fourth-order valence-corrected chi connectivity index (χ4v) is 1.46. The Morgan fingerprint density at radius 3 is 3.00 bits per heavy atom. The maximum absolute atomic E-state index is 11.4. The van der Waals surface area contributed by atoms with Gasteiger partial charge < -0.3 is 10.2 Å². The summed E-state index contributed by atoms with van der Waals surface area (Å²) in [5.74, 6) is 0. The van der Waals surface area contributed by atoms with Crippen LogP contribution in [0.15, 0.2) is 24.3 Å². The molecule has 2 rings (SSSR count). The number of anilines is 1. The number of carbonyl (C=O) groups is 1. The molecule has 2 amide bonds. The Balaban J connectivity index is 2.35. The van der Waals surface area contributed by atoms with Crippen molar-refractivity contribution in [3.63, 3.8) is 0 Å². The van der Waals surface area contributed by atoms with Crippen molar-refractivity contribution in [2.75, 3.05) is 18.9 Å². The van der Waals surface area contributed by atoms with Gasteiger partial charge in [-0.1, -0.05) is 18.2 Å².